The minimum Gasteiger partial charge on any atom is -0.366 e. The van der Waals surface area contributed by atoms with E-state index in [9.17, 15) is 9.18 Å². The van der Waals surface area contributed by atoms with E-state index in [1.165, 1.54) is 16.7 Å². The van der Waals surface area contributed by atoms with Crippen molar-refractivity contribution in [1.82, 2.24) is 9.88 Å². The number of benzene rings is 2. The highest BCUT2D eigenvalue weighted by molar-refractivity contribution is 5.95. The SMILES string of the molecule is N=C(NCc1ccccc1)c1cccn(Cc2ccc(F)cc2)c1=O. The number of nitrogens with one attached hydrogen (secondary N) is 2. The van der Waals surface area contributed by atoms with E-state index in [4.69, 9.17) is 5.41 Å². The van der Waals surface area contributed by atoms with Crippen LogP contribution in [0.2, 0.25) is 0 Å². The Hall–Kier alpha value is -3.21. The number of rotatable bonds is 5. The predicted octanol–water partition coefficient (Wildman–Crippen LogP) is 3.15. The molecule has 126 valence electrons. The normalized spacial score (nSPS) is 10.4. The van der Waals surface area contributed by atoms with Gasteiger partial charge in [-0.3, -0.25) is 10.2 Å². The molecule has 0 saturated heterocycles. The average molecular weight is 335 g/mol. The Bertz CT molecular complexity index is 918. The van der Waals surface area contributed by atoms with E-state index >= 15 is 0 Å². The summed E-state index contributed by atoms with van der Waals surface area (Å²) in [4.78, 5) is 12.6. The van der Waals surface area contributed by atoms with Crippen molar-refractivity contribution in [2.45, 2.75) is 13.1 Å². The first-order chi connectivity index (χ1) is 12.1. The molecular formula is C20H18FN3O. The zero-order valence-electron chi connectivity index (χ0n) is 13.6. The van der Waals surface area contributed by atoms with Gasteiger partial charge in [0.25, 0.3) is 5.56 Å². The third-order valence-electron chi connectivity index (χ3n) is 3.87. The van der Waals surface area contributed by atoms with Gasteiger partial charge in [-0.1, -0.05) is 42.5 Å². The summed E-state index contributed by atoms with van der Waals surface area (Å²) in [6.45, 7) is 0.810. The van der Waals surface area contributed by atoms with Gasteiger partial charge in [-0.25, -0.2) is 4.39 Å². The van der Waals surface area contributed by atoms with Crippen molar-refractivity contribution in [2.24, 2.45) is 0 Å². The standard InChI is InChI=1S/C20H18FN3O/c21-17-10-8-16(9-11-17)14-24-12-4-7-18(20(24)25)19(22)23-13-15-5-2-1-3-6-15/h1-12H,13-14H2,(H2,22,23). The molecule has 0 saturated carbocycles. The Labute approximate surface area is 145 Å². The first-order valence-electron chi connectivity index (χ1n) is 7.94. The lowest BCUT2D eigenvalue weighted by atomic mass is 10.2. The minimum absolute atomic E-state index is 0.0855. The van der Waals surface area contributed by atoms with Gasteiger partial charge in [0.15, 0.2) is 0 Å². The van der Waals surface area contributed by atoms with Crippen LogP contribution in [0.5, 0.6) is 0 Å². The first-order valence-corrected chi connectivity index (χ1v) is 7.94. The predicted molar refractivity (Wildman–Crippen MR) is 96.3 cm³/mol. The molecular weight excluding hydrogens is 317 g/mol. The number of pyridine rings is 1. The monoisotopic (exact) mass is 335 g/mol. The minimum atomic E-state index is -0.309. The summed E-state index contributed by atoms with van der Waals surface area (Å²) in [7, 11) is 0. The number of aromatic nitrogens is 1. The van der Waals surface area contributed by atoms with E-state index in [0.717, 1.165) is 11.1 Å². The smallest absolute Gasteiger partial charge is 0.261 e. The highest BCUT2D eigenvalue weighted by Crippen LogP contribution is 2.05. The van der Waals surface area contributed by atoms with Crippen molar-refractivity contribution in [2.75, 3.05) is 0 Å². The molecule has 0 radical (unpaired) electrons. The van der Waals surface area contributed by atoms with Gasteiger partial charge in [-0.05, 0) is 35.4 Å². The van der Waals surface area contributed by atoms with Crippen LogP contribution in [0.15, 0.2) is 77.7 Å². The second kappa shape index (κ2) is 7.57. The Morgan fingerprint density at radius 2 is 1.68 bits per heavy atom. The van der Waals surface area contributed by atoms with E-state index < -0.39 is 0 Å². The fourth-order valence-corrected chi connectivity index (χ4v) is 2.52. The quantitative estimate of drug-likeness (QED) is 0.556. The molecule has 0 aliphatic heterocycles. The molecule has 0 aliphatic carbocycles. The van der Waals surface area contributed by atoms with Crippen molar-refractivity contribution >= 4 is 5.84 Å². The van der Waals surface area contributed by atoms with E-state index in [0.29, 0.717) is 18.7 Å². The van der Waals surface area contributed by atoms with Crippen LogP contribution in [0.4, 0.5) is 4.39 Å². The molecule has 0 spiro atoms. The van der Waals surface area contributed by atoms with Gasteiger partial charge < -0.3 is 9.88 Å². The lowest BCUT2D eigenvalue weighted by molar-refractivity contribution is 0.626. The molecule has 0 aliphatic rings. The molecule has 3 rings (SSSR count). The fourth-order valence-electron chi connectivity index (χ4n) is 2.52. The van der Waals surface area contributed by atoms with Crippen LogP contribution in [0.1, 0.15) is 16.7 Å². The number of hydrogen-bond donors (Lipinski definition) is 2. The maximum atomic E-state index is 13.0. The van der Waals surface area contributed by atoms with E-state index in [2.05, 4.69) is 5.32 Å². The number of amidine groups is 1. The average Bonchev–Trinajstić information content (AvgIpc) is 2.64. The van der Waals surface area contributed by atoms with Crippen molar-refractivity contribution < 1.29 is 4.39 Å². The molecule has 1 heterocycles. The molecule has 0 fully saturated rings. The lowest BCUT2D eigenvalue weighted by Gasteiger charge is -2.11. The summed E-state index contributed by atoms with van der Waals surface area (Å²) in [6, 6.07) is 19.1. The molecule has 2 N–H and O–H groups in total. The highest BCUT2D eigenvalue weighted by Gasteiger charge is 2.09. The van der Waals surface area contributed by atoms with Gasteiger partial charge in [0, 0.05) is 12.7 Å². The maximum absolute atomic E-state index is 13.0. The summed E-state index contributed by atoms with van der Waals surface area (Å²) >= 11 is 0. The van der Waals surface area contributed by atoms with Gasteiger partial charge in [0.05, 0.1) is 12.1 Å². The van der Waals surface area contributed by atoms with Crippen LogP contribution in [-0.4, -0.2) is 10.4 Å². The molecule has 3 aromatic rings. The molecule has 25 heavy (non-hydrogen) atoms. The summed E-state index contributed by atoms with van der Waals surface area (Å²) in [6.07, 6.45) is 1.67. The number of nitrogens with zero attached hydrogens (tertiary/aromatic N) is 1. The molecule has 4 nitrogen and oxygen atoms in total. The Balaban J connectivity index is 1.75. The van der Waals surface area contributed by atoms with Crippen molar-refractivity contribution in [3.05, 3.63) is 106 Å². The third-order valence-corrected chi connectivity index (χ3v) is 3.87. The molecule has 2 aromatic carbocycles. The Kier molecular flexibility index (Phi) is 5.04. The second-order valence-corrected chi connectivity index (χ2v) is 5.70. The van der Waals surface area contributed by atoms with Crippen LogP contribution < -0.4 is 10.9 Å². The third kappa shape index (κ3) is 4.20. The summed E-state index contributed by atoms with van der Waals surface area (Å²) < 4.78 is 14.5. The van der Waals surface area contributed by atoms with Gasteiger partial charge in [0.1, 0.15) is 11.7 Å². The molecule has 1 aromatic heterocycles. The summed E-state index contributed by atoms with van der Waals surface area (Å²) in [5, 5.41) is 11.1. The summed E-state index contributed by atoms with van der Waals surface area (Å²) in [5.41, 5.74) is 1.91. The van der Waals surface area contributed by atoms with E-state index in [1.807, 2.05) is 30.3 Å². The largest absolute Gasteiger partial charge is 0.366 e. The molecule has 0 unspecified atom stereocenters. The lowest BCUT2D eigenvalue weighted by Crippen LogP contribution is -2.32. The van der Waals surface area contributed by atoms with Crippen LogP contribution in [0.3, 0.4) is 0 Å². The number of hydrogen-bond acceptors (Lipinski definition) is 2. The zero-order chi connectivity index (χ0) is 17.6. The zero-order valence-corrected chi connectivity index (χ0v) is 13.6. The van der Waals surface area contributed by atoms with E-state index in [1.54, 1.807) is 30.5 Å². The van der Waals surface area contributed by atoms with Gasteiger partial charge >= 0.3 is 0 Å². The Morgan fingerprint density at radius 1 is 0.960 bits per heavy atom. The molecule has 0 atom stereocenters. The van der Waals surface area contributed by atoms with Crippen molar-refractivity contribution in [3.8, 4) is 0 Å². The van der Waals surface area contributed by atoms with Gasteiger partial charge in [-0.2, -0.15) is 0 Å². The second-order valence-electron chi connectivity index (χ2n) is 5.70. The topological polar surface area (TPSA) is 57.9 Å². The van der Waals surface area contributed by atoms with Crippen LogP contribution in [-0.2, 0) is 13.1 Å². The van der Waals surface area contributed by atoms with Crippen LogP contribution in [0, 0.1) is 11.2 Å². The van der Waals surface area contributed by atoms with E-state index in [-0.39, 0.29) is 17.2 Å². The highest BCUT2D eigenvalue weighted by atomic mass is 19.1. The van der Waals surface area contributed by atoms with Crippen molar-refractivity contribution in [1.29, 1.82) is 5.41 Å². The fraction of sp³-hybridized carbons (Fsp3) is 0.100. The van der Waals surface area contributed by atoms with Crippen LogP contribution in [0.25, 0.3) is 0 Å². The van der Waals surface area contributed by atoms with Gasteiger partial charge in [-0.15, -0.1) is 0 Å². The van der Waals surface area contributed by atoms with Crippen LogP contribution >= 0.6 is 0 Å². The Morgan fingerprint density at radius 3 is 2.40 bits per heavy atom. The number of halogens is 1. The first kappa shape index (κ1) is 16.6. The molecule has 0 bridgehead atoms. The molecule has 5 heteroatoms. The van der Waals surface area contributed by atoms with Crippen molar-refractivity contribution in [3.63, 3.8) is 0 Å². The maximum Gasteiger partial charge on any atom is 0.261 e. The molecule has 0 amide bonds. The summed E-state index contributed by atoms with van der Waals surface area (Å²) in [5.74, 6) is -0.223. The van der Waals surface area contributed by atoms with Gasteiger partial charge in [0.2, 0.25) is 0 Å².